The van der Waals surface area contributed by atoms with Gasteiger partial charge in [0.2, 0.25) is 11.8 Å². The van der Waals surface area contributed by atoms with Gasteiger partial charge in [0.05, 0.1) is 5.92 Å². The monoisotopic (exact) mass is 385 g/mol. The van der Waals surface area contributed by atoms with E-state index < -0.39 is 11.7 Å². The molecule has 1 heterocycles. The number of ether oxygens (including phenoxy) is 1. The van der Waals surface area contributed by atoms with E-state index in [0.29, 0.717) is 29.2 Å². The predicted molar refractivity (Wildman–Crippen MR) is 102 cm³/mol. The lowest BCUT2D eigenvalue weighted by atomic mass is 9.89. The van der Waals surface area contributed by atoms with Crippen molar-refractivity contribution in [3.8, 4) is 5.75 Å². The van der Waals surface area contributed by atoms with Gasteiger partial charge in [-0.3, -0.25) is 14.4 Å². The lowest BCUT2D eigenvalue weighted by Gasteiger charge is -2.25. The zero-order chi connectivity index (χ0) is 20.1. The first-order valence-corrected chi connectivity index (χ1v) is 8.86. The van der Waals surface area contributed by atoms with Crippen LogP contribution in [-0.2, 0) is 14.4 Å². The van der Waals surface area contributed by atoms with Crippen LogP contribution >= 0.6 is 0 Å². The molecule has 7 nitrogen and oxygen atoms in total. The van der Waals surface area contributed by atoms with Crippen LogP contribution in [0.15, 0.2) is 42.5 Å². The molecule has 146 valence electrons. The van der Waals surface area contributed by atoms with Gasteiger partial charge >= 0.3 is 0 Å². The summed E-state index contributed by atoms with van der Waals surface area (Å²) in [6, 6.07) is 10.6. The summed E-state index contributed by atoms with van der Waals surface area (Å²) in [5, 5.41) is 7.95. The molecule has 3 rings (SSSR count). The molecular formula is C20H20FN3O4. The standard InChI is InChI=1S/C20H20FN3O4/c1-2-22-19(26)11-28-14-5-3-4-13(9-14)23-20(27)16-10-18(25)24-17-8-12(21)6-7-15(16)17/h3-9,16H,2,10-11H2,1H3,(H,22,26)(H,23,27)(H,24,25). The highest BCUT2D eigenvalue weighted by atomic mass is 19.1. The summed E-state index contributed by atoms with van der Waals surface area (Å²) in [6.07, 6.45) is -0.0299. The van der Waals surface area contributed by atoms with Crippen molar-refractivity contribution in [2.45, 2.75) is 19.3 Å². The quantitative estimate of drug-likeness (QED) is 0.711. The average Bonchev–Trinajstić information content (AvgIpc) is 2.66. The molecule has 0 radical (unpaired) electrons. The molecule has 8 heteroatoms. The van der Waals surface area contributed by atoms with E-state index in [9.17, 15) is 18.8 Å². The Morgan fingerprint density at radius 3 is 2.86 bits per heavy atom. The van der Waals surface area contributed by atoms with E-state index in [0.717, 1.165) is 0 Å². The van der Waals surface area contributed by atoms with E-state index in [1.54, 1.807) is 24.3 Å². The highest BCUT2D eigenvalue weighted by Crippen LogP contribution is 2.33. The molecule has 0 saturated carbocycles. The Labute approximate surface area is 161 Å². The maximum Gasteiger partial charge on any atom is 0.257 e. The van der Waals surface area contributed by atoms with Crippen molar-refractivity contribution in [2.75, 3.05) is 23.8 Å². The molecule has 0 bridgehead atoms. The molecule has 1 aliphatic heterocycles. The largest absolute Gasteiger partial charge is 0.484 e. The summed E-state index contributed by atoms with van der Waals surface area (Å²) < 4.78 is 18.8. The van der Waals surface area contributed by atoms with E-state index >= 15 is 0 Å². The van der Waals surface area contributed by atoms with Crippen LogP contribution in [0.2, 0.25) is 0 Å². The number of amides is 3. The Balaban J connectivity index is 1.71. The van der Waals surface area contributed by atoms with Crippen molar-refractivity contribution in [1.29, 1.82) is 0 Å². The van der Waals surface area contributed by atoms with Crippen LogP contribution in [0.3, 0.4) is 0 Å². The van der Waals surface area contributed by atoms with Crippen LogP contribution < -0.4 is 20.7 Å². The van der Waals surface area contributed by atoms with Gasteiger partial charge < -0.3 is 20.7 Å². The van der Waals surface area contributed by atoms with E-state index in [2.05, 4.69) is 16.0 Å². The van der Waals surface area contributed by atoms with Gasteiger partial charge in [-0.1, -0.05) is 12.1 Å². The van der Waals surface area contributed by atoms with Crippen LogP contribution in [0.1, 0.15) is 24.8 Å². The fourth-order valence-electron chi connectivity index (χ4n) is 2.96. The summed E-state index contributed by atoms with van der Waals surface area (Å²) in [6.45, 7) is 2.19. The van der Waals surface area contributed by atoms with Crippen LogP contribution in [0.5, 0.6) is 5.75 Å². The number of rotatable bonds is 6. The second-order valence-corrected chi connectivity index (χ2v) is 6.30. The molecule has 0 saturated heterocycles. The fraction of sp³-hybridized carbons (Fsp3) is 0.250. The predicted octanol–water partition coefficient (Wildman–Crippen LogP) is 2.41. The first-order valence-electron chi connectivity index (χ1n) is 8.86. The van der Waals surface area contributed by atoms with Crippen molar-refractivity contribution in [3.05, 3.63) is 53.8 Å². The Kier molecular flexibility index (Phi) is 5.88. The maximum absolute atomic E-state index is 13.4. The molecule has 0 spiro atoms. The Morgan fingerprint density at radius 2 is 2.07 bits per heavy atom. The first kappa shape index (κ1) is 19.3. The Bertz CT molecular complexity index is 916. The third-order valence-electron chi connectivity index (χ3n) is 4.22. The van der Waals surface area contributed by atoms with Crippen molar-refractivity contribution in [3.63, 3.8) is 0 Å². The van der Waals surface area contributed by atoms with Crippen LogP contribution in [0, 0.1) is 5.82 Å². The van der Waals surface area contributed by atoms with Gasteiger partial charge in [0, 0.05) is 30.4 Å². The molecule has 3 amide bonds. The number of hydrogen-bond acceptors (Lipinski definition) is 4. The molecule has 1 unspecified atom stereocenters. The van der Waals surface area contributed by atoms with Crippen molar-refractivity contribution < 1.29 is 23.5 Å². The molecule has 2 aromatic rings. The van der Waals surface area contributed by atoms with Gasteiger partial charge in [-0.15, -0.1) is 0 Å². The molecule has 1 atom stereocenters. The highest BCUT2D eigenvalue weighted by molar-refractivity contribution is 6.05. The molecular weight excluding hydrogens is 365 g/mol. The summed E-state index contributed by atoms with van der Waals surface area (Å²) in [7, 11) is 0. The average molecular weight is 385 g/mol. The molecule has 3 N–H and O–H groups in total. The van der Waals surface area contributed by atoms with Crippen LogP contribution in [0.4, 0.5) is 15.8 Å². The summed E-state index contributed by atoms with van der Waals surface area (Å²) in [5.74, 6) is -1.77. The Morgan fingerprint density at radius 1 is 1.25 bits per heavy atom. The van der Waals surface area contributed by atoms with Gasteiger partial charge in [-0.05, 0) is 36.8 Å². The number of likely N-dealkylation sites (N-methyl/N-ethyl adjacent to an activating group) is 1. The fourth-order valence-corrected chi connectivity index (χ4v) is 2.96. The third kappa shape index (κ3) is 4.64. The van der Waals surface area contributed by atoms with E-state index in [4.69, 9.17) is 4.74 Å². The molecule has 2 aromatic carbocycles. The summed E-state index contributed by atoms with van der Waals surface area (Å²) in [4.78, 5) is 36.1. The zero-order valence-corrected chi connectivity index (χ0v) is 15.3. The zero-order valence-electron chi connectivity index (χ0n) is 15.3. The van der Waals surface area contributed by atoms with Gasteiger partial charge in [-0.25, -0.2) is 4.39 Å². The smallest absolute Gasteiger partial charge is 0.257 e. The van der Waals surface area contributed by atoms with E-state index in [1.165, 1.54) is 18.2 Å². The van der Waals surface area contributed by atoms with Gasteiger partial charge in [0.1, 0.15) is 11.6 Å². The van der Waals surface area contributed by atoms with E-state index in [1.807, 2.05) is 6.92 Å². The van der Waals surface area contributed by atoms with Crippen molar-refractivity contribution in [2.24, 2.45) is 0 Å². The highest BCUT2D eigenvalue weighted by Gasteiger charge is 2.31. The molecule has 0 fully saturated rings. The first-order chi connectivity index (χ1) is 13.5. The normalized spacial score (nSPS) is 15.2. The number of carbonyl (C=O) groups is 3. The van der Waals surface area contributed by atoms with Gasteiger partial charge in [-0.2, -0.15) is 0 Å². The van der Waals surface area contributed by atoms with Crippen LogP contribution in [0.25, 0.3) is 0 Å². The van der Waals surface area contributed by atoms with Gasteiger partial charge in [0.15, 0.2) is 6.61 Å². The minimum absolute atomic E-state index is 0.0299. The Hall–Kier alpha value is -3.42. The SMILES string of the molecule is CCNC(=O)COc1cccc(NC(=O)C2CC(=O)Nc3cc(F)ccc32)c1. The van der Waals surface area contributed by atoms with Crippen molar-refractivity contribution in [1.82, 2.24) is 5.32 Å². The number of fused-ring (bicyclic) bond motifs is 1. The number of halogens is 1. The van der Waals surface area contributed by atoms with Crippen LogP contribution in [-0.4, -0.2) is 30.9 Å². The molecule has 28 heavy (non-hydrogen) atoms. The number of anilines is 2. The summed E-state index contributed by atoms with van der Waals surface area (Å²) in [5.41, 5.74) is 1.32. The number of nitrogens with one attached hydrogen (secondary N) is 3. The van der Waals surface area contributed by atoms with Gasteiger partial charge in [0.25, 0.3) is 5.91 Å². The minimum atomic E-state index is -0.732. The number of hydrogen-bond donors (Lipinski definition) is 3. The molecule has 0 aliphatic carbocycles. The third-order valence-corrected chi connectivity index (χ3v) is 4.22. The molecule has 0 aromatic heterocycles. The summed E-state index contributed by atoms with van der Waals surface area (Å²) >= 11 is 0. The second-order valence-electron chi connectivity index (χ2n) is 6.30. The molecule has 1 aliphatic rings. The number of carbonyl (C=O) groups excluding carboxylic acids is 3. The van der Waals surface area contributed by atoms with E-state index in [-0.39, 0.29) is 30.7 Å². The number of benzene rings is 2. The topological polar surface area (TPSA) is 96.5 Å². The lowest BCUT2D eigenvalue weighted by Crippen LogP contribution is -2.31. The second kappa shape index (κ2) is 8.51. The minimum Gasteiger partial charge on any atom is -0.484 e. The maximum atomic E-state index is 13.4. The lowest BCUT2D eigenvalue weighted by molar-refractivity contribution is -0.123. The van der Waals surface area contributed by atoms with Crippen molar-refractivity contribution >= 4 is 29.1 Å².